The molecular weight excluding hydrogens is 200 g/mol. The van der Waals surface area contributed by atoms with Gasteiger partial charge < -0.3 is 10.2 Å². The molecule has 2 rings (SSSR count). The maximum Gasteiger partial charge on any atom is 0.222 e. The Kier molecular flexibility index (Phi) is 3.72. The topological polar surface area (TPSA) is 41.1 Å². The van der Waals surface area contributed by atoms with Crippen LogP contribution in [0.4, 0.5) is 5.95 Å². The van der Waals surface area contributed by atoms with E-state index < -0.39 is 0 Å². The molecule has 0 radical (unpaired) electrons. The van der Waals surface area contributed by atoms with Crippen LogP contribution in [0.5, 0.6) is 0 Å². The molecule has 0 bridgehead atoms. The van der Waals surface area contributed by atoms with Crippen molar-refractivity contribution in [1.29, 1.82) is 0 Å². The Morgan fingerprint density at radius 3 is 2.56 bits per heavy atom. The zero-order valence-corrected chi connectivity index (χ0v) is 10.1. The minimum atomic E-state index is 0.404. The quantitative estimate of drug-likeness (QED) is 0.838. The van der Waals surface area contributed by atoms with Crippen LogP contribution in [0.25, 0.3) is 0 Å². The highest BCUT2D eigenvalue weighted by molar-refractivity contribution is 5.25. The standard InChI is InChI=1S/C12H20N4/c1-10-7-13-12(14-8-10)15-11(2)9-16-5-3-4-6-16/h7-8,11H,3-6,9H2,1-2H3,(H,13,14,15). The summed E-state index contributed by atoms with van der Waals surface area (Å²) in [5.74, 6) is 0.734. The molecule has 0 amide bonds. The SMILES string of the molecule is Cc1cnc(NC(C)CN2CCCC2)nc1. The lowest BCUT2D eigenvalue weighted by Crippen LogP contribution is -2.33. The van der Waals surface area contributed by atoms with E-state index in [-0.39, 0.29) is 0 Å². The van der Waals surface area contributed by atoms with Crippen molar-refractivity contribution in [2.75, 3.05) is 25.0 Å². The summed E-state index contributed by atoms with van der Waals surface area (Å²) in [5.41, 5.74) is 1.10. The van der Waals surface area contributed by atoms with Gasteiger partial charge in [-0.1, -0.05) is 0 Å². The lowest BCUT2D eigenvalue weighted by atomic mass is 10.3. The third-order valence-corrected chi connectivity index (χ3v) is 2.89. The van der Waals surface area contributed by atoms with Gasteiger partial charge in [0, 0.05) is 25.0 Å². The van der Waals surface area contributed by atoms with Crippen molar-refractivity contribution < 1.29 is 0 Å². The number of hydrogen-bond acceptors (Lipinski definition) is 4. The number of rotatable bonds is 4. The van der Waals surface area contributed by atoms with E-state index in [1.54, 1.807) is 0 Å². The van der Waals surface area contributed by atoms with Gasteiger partial charge in [-0.25, -0.2) is 9.97 Å². The van der Waals surface area contributed by atoms with Gasteiger partial charge in [0.2, 0.25) is 5.95 Å². The molecule has 1 unspecified atom stereocenters. The summed E-state index contributed by atoms with van der Waals surface area (Å²) in [4.78, 5) is 11.0. The highest BCUT2D eigenvalue weighted by Crippen LogP contribution is 2.09. The predicted molar refractivity (Wildman–Crippen MR) is 65.5 cm³/mol. The van der Waals surface area contributed by atoms with Crippen LogP contribution < -0.4 is 5.32 Å². The lowest BCUT2D eigenvalue weighted by Gasteiger charge is -2.21. The van der Waals surface area contributed by atoms with E-state index in [1.165, 1.54) is 25.9 Å². The van der Waals surface area contributed by atoms with E-state index >= 15 is 0 Å². The van der Waals surface area contributed by atoms with Crippen molar-refractivity contribution in [3.8, 4) is 0 Å². The van der Waals surface area contributed by atoms with Crippen LogP contribution in [-0.2, 0) is 0 Å². The largest absolute Gasteiger partial charge is 0.350 e. The fourth-order valence-corrected chi connectivity index (χ4v) is 2.09. The van der Waals surface area contributed by atoms with E-state index in [0.29, 0.717) is 6.04 Å². The van der Waals surface area contributed by atoms with Gasteiger partial charge in [-0.15, -0.1) is 0 Å². The summed E-state index contributed by atoms with van der Waals surface area (Å²) < 4.78 is 0. The van der Waals surface area contributed by atoms with Crippen LogP contribution in [0.2, 0.25) is 0 Å². The second kappa shape index (κ2) is 5.25. The van der Waals surface area contributed by atoms with Crippen molar-refractivity contribution in [1.82, 2.24) is 14.9 Å². The second-order valence-corrected chi connectivity index (χ2v) is 4.64. The molecular formula is C12H20N4. The summed E-state index contributed by atoms with van der Waals surface area (Å²) in [5, 5.41) is 3.33. The van der Waals surface area contributed by atoms with Crippen molar-refractivity contribution >= 4 is 5.95 Å². The molecule has 16 heavy (non-hydrogen) atoms. The first kappa shape index (κ1) is 11.3. The molecule has 0 aromatic carbocycles. The second-order valence-electron chi connectivity index (χ2n) is 4.64. The van der Waals surface area contributed by atoms with Crippen LogP contribution in [0.15, 0.2) is 12.4 Å². The van der Waals surface area contributed by atoms with Gasteiger partial charge in [0.15, 0.2) is 0 Å². The highest BCUT2D eigenvalue weighted by Gasteiger charge is 2.14. The van der Waals surface area contributed by atoms with Gasteiger partial charge in [0.1, 0.15) is 0 Å². The first-order chi connectivity index (χ1) is 7.74. The number of nitrogens with zero attached hydrogens (tertiary/aromatic N) is 3. The fraction of sp³-hybridized carbons (Fsp3) is 0.667. The Morgan fingerprint density at radius 2 is 1.94 bits per heavy atom. The van der Waals surface area contributed by atoms with Crippen LogP contribution >= 0.6 is 0 Å². The number of likely N-dealkylation sites (tertiary alicyclic amines) is 1. The summed E-state index contributed by atoms with van der Waals surface area (Å²) >= 11 is 0. The molecule has 0 aliphatic carbocycles. The maximum atomic E-state index is 4.25. The van der Waals surface area contributed by atoms with Crippen molar-refractivity contribution in [3.63, 3.8) is 0 Å². The molecule has 1 aromatic heterocycles. The zero-order valence-electron chi connectivity index (χ0n) is 10.1. The average molecular weight is 220 g/mol. The molecule has 2 heterocycles. The minimum Gasteiger partial charge on any atom is -0.350 e. The van der Waals surface area contributed by atoms with Gasteiger partial charge in [-0.05, 0) is 45.3 Å². The Labute approximate surface area is 97.1 Å². The normalized spacial score (nSPS) is 18.6. The van der Waals surface area contributed by atoms with Crippen molar-refractivity contribution in [2.24, 2.45) is 0 Å². The molecule has 1 N–H and O–H groups in total. The molecule has 1 aliphatic rings. The van der Waals surface area contributed by atoms with Crippen LogP contribution in [0, 0.1) is 6.92 Å². The molecule has 1 saturated heterocycles. The van der Waals surface area contributed by atoms with Gasteiger partial charge >= 0.3 is 0 Å². The monoisotopic (exact) mass is 220 g/mol. The average Bonchev–Trinajstić information content (AvgIpc) is 2.74. The zero-order chi connectivity index (χ0) is 11.4. The van der Waals surface area contributed by atoms with Gasteiger partial charge in [0.05, 0.1) is 0 Å². The Balaban J connectivity index is 1.81. The van der Waals surface area contributed by atoms with Crippen molar-refractivity contribution in [2.45, 2.75) is 32.7 Å². The summed E-state index contributed by atoms with van der Waals surface area (Å²) in [6, 6.07) is 0.404. The molecule has 1 aromatic rings. The van der Waals surface area contributed by atoms with Crippen molar-refractivity contribution in [3.05, 3.63) is 18.0 Å². The maximum absolute atomic E-state index is 4.25. The van der Waals surface area contributed by atoms with E-state index in [0.717, 1.165) is 18.1 Å². The van der Waals surface area contributed by atoms with E-state index in [1.807, 2.05) is 19.3 Å². The summed E-state index contributed by atoms with van der Waals surface area (Å²) in [6.45, 7) is 7.73. The Hall–Kier alpha value is -1.16. The van der Waals surface area contributed by atoms with Gasteiger partial charge in [0.25, 0.3) is 0 Å². The van der Waals surface area contributed by atoms with Gasteiger partial charge in [-0.2, -0.15) is 0 Å². The molecule has 4 nitrogen and oxygen atoms in total. The first-order valence-electron chi connectivity index (χ1n) is 6.01. The van der Waals surface area contributed by atoms with E-state index in [4.69, 9.17) is 0 Å². The molecule has 88 valence electrons. The Bertz CT molecular complexity index is 316. The van der Waals surface area contributed by atoms with Crippen LogP contribution in [0.1, 0.15) is 25.3 Å². The molecule has 1 atom stereocenters. The predicted octanol–water partition coefficient (Wildman–Crippen LogP) is 1.68. The minimum absolute atomic E-state index is 0.404. The van der Waals surface area contributed by atoms with Gasteiger partial charge in [-0.3, -0.25) is 0 Å². The third-order valence-electron chi connectivity index (χ3n) is 2.89. The lowest BCUT2D eigenvalue weighted by molar-refractivity contribution is 0.327. The number of nitrogens with one attached hydrogen (secondary N) is 1. The number of aryl methyl sites for hydroxylation is 1. The molecule has 0 saturated carbocycles. The summed E-state index contributed by atoms with van der Waals surface area (Å²) in [7, 11) is 0. The van der Waals surface area contributed by atoms with Crippen LogP contribution in [0.3, 0.4) is 0 Å². The first-order valence-corrected chi connectivity index (χ1v) is 6.01. The highest BCUT2D eigenvalue weighted by atomic mass is 15.2. The number of hydrogen-bond donors (Lipinski definition) is 1. The fourth-order valence-electron chi connectivity index (χ4n) is 2.09. The molecule has 4 heteroatoms. The molecule has 1 aliphatic heterocycles. The summed E-state index contributed by atoms with van der Waals surface area (Å²) in [6.07, 6.45) is 6.37. The smallest absolute Gasteiger partial charge is 0.222 e. The van der Waals surface area contributed by atoms with Crippen LogP contribution in [-0.4, -0.2) is 40.5 Å². The molecule has 1 fully saturated rings. The molecule has 0 spiro atoms. The van der Waals surface area contributed by atoms with E-state index in [2.05, 4.69) is 27.1 Å². The van der Waals surface area contributed by atoms with E-state index in [9.17, 15) is 0 Å². The third kappa shape index (κ3) is 3.17. The number of aromatic nitrogens is 2. The number of anilines is 1. The Morgan fingerprint density at radius 1 is 1.31 bits per heavy atom.